The smallest absolute Gasteiger partial charge is 0.0926 e. The van der Waals surface area contributed by atoms with Crippen LogP contribution in [0.2, 0.25) is 0 Å². The first-order chi connectivity index (χ1) is 3.85. The molecule has 0 aromatic carbocycles. The van der Waals surface area contributed by atoms with Crippen LogP contribution in [0.4, 0.5) is 0 Å². The van der Waals surface area contributed by atoms with Crippen LogP contribution in [-0.2, 0) is 9.47 Å². The van der Waals surface area contributed by atoms with Gasteiger partial charge in [-0.05, 0) is 0 Å². The second-order valence-electron chi connectivity index (χ2n) is 1.55. The van der Waals surface area contributed by atoms with Gasteiger partial charge in [0.1, 0.15) is 0 Å². The van der Waals surface area contributed by atoms with Gasteiger partial charge in [-0.25, -0.2) is 0 Å². The van der Waals surface area contributed by atoms with Crippen LogP contribution in [0.5, 0.6) is 0 Å². The molecule has 0 aromatic rings. The first-order valence-electron chi connectivity index (χ1n) is 2.57. The fraction of sp³-hybridized carbons (Fsp3) is 1.00. The summed E-state index contributed by atoms with van der Waals surface area (Å²) >= 11 is 0. The van der Waals surface area contributed by atoms with Crippen LogP contribution >= 0.6 is 12.4 Å². The summed E-state index contributed by atoms with van der Waals surface area (Å²) in [7, 11) is 3.25. The fourth-order valence-electron chi connectivity index (χ4n) is 0.418. The number of nitrogens with two attached hydrogens (primary N) is 1. The summed E-state index contributed by atoms with van der Waals surface area (Å²) in [6.07, 6.45) is 0.0556. The number of hydrogen-bond donors (Lipinski definition) is 1. The highest BCUT2D eigenvalue weighted by Gasteiger charge is 2.00. The molecule has 0 aliphatic rings. The fourth-order valence-corrected chi connectivity index (χ4v) is 0.418. The van der Waals surface area contributed by atoms with Crippen molar-refractivity contribution in [3.8, 4) is 0 Å². The maximum Gasteiger partial charge on any atom is 0.0926 e. The standard InChI is InChI=1S/C5H13NO2.ClH/c1-7-4-5(3-6)8-2;/h5H,3-4,6H2,1-2H3;1H. The lowest BCUT2D eigenvalue weighted by Gasteiger charge is -2.09. The van der Waals surface area contributed by atoms with Gasteiger partial charge in [0.05, 0.1) is 12.7 Å². The summed E-state index contributed by atoms with van der Waals surface area (Å²) in [4.78, 5) is 0. The molecule has 0 amide bonds. The molecule has 0 radical (unpaired) electrons. The largest absolute Gasteiger partial charge is 0.382 e. The topological polar surface area (TPSA) is 44.5 Å². The van der Waals surface area contributed by atoms with Gasteiger partial charge in [0.15, 0.2) is 0 Å². The summed E-state index contributed by atoms with van der Waals surface area (Å²) in [5, 5.41) is 0. The molecule has 0 spiro atoms. The molecule has 9 heavy (non-hydrogen) atoms. The Balaban J connectivity index is 0. The summed E-state index contributed by atoms with van der Waals surface area (Å²) in [5.74, 6) is 0. The van der Waals surface area contributed by atoms with E-state index in [0.29, 0.717) is 13.2 Å². The second-order valence-corrected chi connectivity index (χ2v) is 1.55. The molecule has 2 N–H and O–H groups in total. The van der Waals surface area contributed by atoms with Crippen molar-refractivity contribution in [2.24, 2.45) is 5.73 Å². The highest BCUT2D eigenvalue weighted by Crippen LogP contribution is 1.84. The van der Waals surface area contributed by atoms with E-state index in [0.717, 1.165) is 0 Å². The Kier molecular flexibility index (Phi) is 10.8. The summed E-state index contributed by atoms with van der Waals surface area (Å²) < 4.78 is 9.67. The minimum absolute atomic E-state index is 0. The van der Waals surface area contributed by atoms with Crippen molar-refractivity contribution < 1.29 is 9.47 Å². The Morgan fingerprint density at radius 2 is 2.00 bits per heavy atom. The SMILES string of the molecule is COCC(CN)OC.Cl. The van der Waals surface area contributed by atoms with Gasteiger partial charge in [0.25, 0.3) is 0 Å². The van der Waals surface area contributed by atoms with Gasteiger partial charge in [0, 0.05) is 20.8 Å². The number of hydrogen-bond acceptors (Lipinski definition) is 3. The highest BCUT2D eigenvalue weighted by atomic mass is 35.5. The van der Waals surface area contributed by atoms with E-state index in [4.69, 9.17) is 15.2 Å². The number of ether oxygens (including phenoxy) is 2. The van der Waals surface area contributed by atoms with E-state index in [2.05, 4.69) is 0 Å². The Hall–Kier alpha value is 0.170. The van der Waals surface area contributed by atoms with E-state index in [1.807, 2.05) is 0 Å². The molecule has 0 aromatic heterocycles. The van der Waals surface area contributed by atoms with E-state index in [9.17, 15) is 0 Å². The zero-order chi connectivity index (χ0) is 6.41. The van der Waals surface area contributed by atoms with E-state index in [1.54, 1.807) is 14.2 Å². The van der Waals surface area contributed by atoms with Crippen LogP contribution in [0, 0.1) is 0 Å². The van der Waals surface area contributed by atoms with Crippen LogP contribution < -0.4 is 5.73 Å². The highest BCUT2D eigenvalue weighted by molar-refractivity contribution is 5.85. The Morgan fingerprint density at radius 3 is 2.11 bits per heavy atom. The monoisotopic (exact) mass is 155 g/mol. The average molecular weight is 156 g/mol. The lowest BCUT2D eigenvalue weighted by atomic mass is 10.4. The number of halogens is 1. The van der Waals surface area contributed by atoms with Crippen molar-refractivity contribution in [3.05, 3.63) is 0 Å². The van der Waals surface area contributed by atoms with E-state index in [-0.39, 0.29) is 18.5 Å². The maximum absolute atomic E-state index is 5.26. The average Bonchev–Trinajstić information content (AvgIpc) is 1.83. The lowest BCUT2D eigenvalue weighted by molar-refractivity contribution is 0.0341. The van der Waals surface area contributed by atoms with Gasteiger partial charge in [0.2, 0.25) is 0 Å². The van der Waals surface area contributed by atoms with E-state index in [1.165, 1.54) is 0 Å². The van der Waals surface area contributed by atoms with Gasteiger partial charge >= 0.3 is 0 Å². The van der Waals surface area contributed by atoms with Crippen molar-refractivity contribution in [1.82, 2.24) is 0 Å². The van der Waals surface area contributed by atoms with Gasteiger partial charge < -0.3 is 15.2 Å². The summed E-state index contributed by atoms with van der Waals surface area (Å²) in [6.45, 7) is 1.09. The van der Waals surface area contributed by atoms with Crippen LogP contribution in [0.25, 0.3) is 0 Å². The second kappa shape index (κ2) is 8.17. The molecular formula is C5H14ClNO2. The van der Waals surface area contributed by atoms with Crippen LogP contribution in [0.3, 0.4) is 0 Å². The van der Waals surface area contributed by atoms with Crippen molar-refractivity contribution >= 4 is 12.4 Å². The van der Waals surface area contributed by atoms with E-state index < -0.39 is 0 Å². The zero-order valence-electron chi connectivity index (χ0n) is 5.79. The lowest BCUT2D eigenvalue weighted by Crippen LogP contribution is -2.26. The van der Waals surface area contributed by atoms with Gasteiger partial charge in [-0.1, -0.05) is 0 Å². The molecule has 0 rings (SSSR count). The van der Waals surface area contributed by atoms with Crippen molar-refractivity contribution in [3.63, 3.8) is 0 Å². The molecule has 3 nitrogen and oxygen atoms in total. The third-order valence-corrected chi connectivity index (χ3v) is 0.949. The molecule has 0 saturated heterocycles. The quantitative estimate of drug-likeness (QED) is 0.623. The van der Waals surface area contributed by atoms with Crippen molar-refractivity contribution in [1.29, 1.82) is 0 Å². The molecule has 0 bridgehead atoms. The predicted molar refractivity (Wildman–Crippen MR) is 39.0 cm³/mol. The van der Waals surface area contributed by atoms with Crippen LogP contribution in [0.15, 0.2) is 0 Å². The van der Waals surface area contributed by atoms with E-state index >= 15 is 0 Å². The number of methoxy groups -OCH3 is 2. The third kappa shape index (κ3) is 6.05. The van der Waals surface area contributed by atoms with Gasteiger partial charge in [-0.15, -0.1) is 12.4 Å². The third-order valence-electron chi connectivity index (χ3n) is 0.949. The van der Waals surface area contributed by atoms with Gasteiger partial charge in [-0.2, -0.15) is 0 Å². The zero-order valence-corrected chi connectivity index (χ0v) is 6.61. The van der Waals surface area contributed by atoms with Crippen LogP contribution in [-0.4, -0.2) is 33.5 Å². The molecular weight excluding hydrogens is 142 g/mol. The van der Waals surface area contributed by atoms with Gasteiger partial charge in [-0.3, -0.25) is 0 Å². The Morgan fingerprint density at radius 1 is 1.44 bits per heavy atom. The summed E-state index contributed by atoms with van der Waals surface area (Å²) in [6, 6.07) is 0. The maximum atomic E-state index is 5.26. The predicted octanol–water partition coefficient (Wildman–Crippen LogP) is 0.0283. The first-order valence-corrected chi connectivity index (χ1v) is 2.57. The molecule has 0 aliphatic carbocycles. The minimum atomic E-state index is 0. The molecule has 1 unspecified atom stereocenters. The molecule has 0 fully saturated rings. The van der Waals surface area contributed by atoms with Crippen LogP contribution in [0.1, 0.15) is 0 Å². The number of rotatable bonds is 4. The first kappa shape index (κ1) is 11.9. The van der Waals surface area contributed by atoms with Crippen molar-refractivity contribution in [2.45, 2.75) is 6.10 Å². The molecule has 0 aliphatic heterocycles. The minimum Gasteiger partial charge on any atom is -0.382 e. The van der Waals surface area contributed by atoms with Crippen molar-refractivity contribution in [2.75, 3.05) is 27.4 Å². The summed E-state index contributed by atoms with van der Waals surface area (Å²) in [5.41, 5.74) is 5.26. The molecule has 4 heteroatoms. The molecule has 1 atom stereocenters. The molecule has 0 heterocycles. The molecule has 58 valence electrons. The molecule has 0 saturated carbocycles. The Labute approximate surface area is 61.9 Å². The Bertz CT molecular complexity index is 50.2. The normalized spacial score (nSPS) is 12.3.